The van der Waals surface area contributed by atoms with Crippen molar-refractivity contribution >= 4 is 28.6 Å². The van der Waals surface area contributed by atoms with E-state index in [1.54, 1.807) is 11.3 Å². The molecule has 0 fully saturated rings. The van der Waals surface area contributed by atoms with Crippen molar-refractivity contribution in [3.8, 4) is 10.4 Å². The Labute approximate surface area is 133 Å². The Morgan fingerprint density at radius 2 is 2.24 bits per heavy atom. The number of hydrogen-bond donors (Lipinski definition) is 1. The molecule has 1 amide bonds. The summed E-state index contributed by atoms with van der Waals surface area (Å²) in [5, 5.41) is 7.36. The molecule has 21 heavy (non-hydrogen) atoms. The molecule has 2 aromatic heterocycles. The summed E-state index contributed by atoms with van der Waals surface area (Å²) in [5.74, 6) is 0.397. The Kier molecular flexibility index (Phi) is 4.88. The maximum Gasteiger partial charge on any atom is 0.223 e. The number of carbonyl (C=O) groups is 1. The largest absolute Gasteiger partial charge is 0.355 e. The van der Waals surface area contributed by atoms with E-state index in [1.807, 2.05) is 11.3 Å². The molecule has 1 atom stereocenters. The minimum atomic E-state index is 0.180. The van der Waals surface area contributed by atoms with Gasteiger partial charge in [-0.2, -0.15) is 11.3 Å². The molecule has 1 N–H and O–H groups in total. The molecule has 1 aliphatic rings. The highest BCUT2D eigenvalue weighted by Gasteiger charge is 2.17. The van der Waals surface area contributed by atoms with Crippen LogP contribution in [-0.4, -0.2) is 12.5 Å². The summed E-state index contributed by atoms with van der Waals surface area (Å²) in [6.07, 6.45) is 8.13. The number of rotatable bonds is 5. The highest BCUT2D eigenvalue weighted by atomic mass is 32.1. The number of nitrogens with one attached hydrogen (secondary N) is 1. The standard InChI is InChI=1S/C17H19NOS2/c19-17(13-4-2-1-3-5-13)18-10-8-15-6-7-16(21-15)14-9-11-20-12-14/h1-2,6-7,9,11-13H,3-5,8,10H2,(H,18,19)/t13-/m1/s1. The summed E-state index contributed by atoms with van der Waals surface area (Å²) in [7, 11) is 0. The van der Waals surface area contributed by atoms with E-state index < -0.39 is 0 Å². The van der Waals surface area contributed by atoms with Crippen molar-refractivity contribution in [2.45, 2.75) is 25.7 Å². The van der Waals surface area contributed by atoms with Crippen LogP contribution >= 0.6 is 22.7 Å². The fourth-order valence-corrected chi connectivity index (χ4v) is 4.29. The highest BCUT2D eigenvalue weighted by molar-refractivity contribution is 7.16. The molecule has 4 heteroatoms. The molecule has 1 aliphatic carbocycles. The minimum Gasteiger partial charge on any atom is -0.355 e. The van der Waals surface area contributed by atoms with Gasteiger partial charge in [-0.1, -0.05) is 12.2 Å². The van der Waals surface area contributed by atoms with Gasteiger partial charge in [0.15, 0.2) is 0 Å². The van der Waals surface area contributed by atoms with Crippen LogP contribution in [0.5, 0.6) is 0 Å². The molecule has 3 rings (SSSR count). The molecule has 0 aliphatic heterocycles. The lowest BCUT2D eigenvalue weighted by Crippen LogP contribution is -2.32. The smallest absolute Gasteiger partial charge is 0.223 e. The van der Waals surface area contributed by atoms with Crippen LogP contribution in [0.15, 0.2) is 41.1 Å². The first-order valence-electron chi connectivity index (χ1n) is 7.37. The van der Waals surface area contributed by atoms with Crippen LogP contribution < -0.4 is 5.32 Å². The van der Waals surface area contributed by atoms with Crippen molar-refractivity contribution in [1.82, 2.24) is 5.32 Å². The molecule has 0 unspecified atom stereocenters. The molecule has 0 spiro atoms. The van der Waals surface area contributed by atoms with Crippen molar-refractivity contribution in [1.29, 1.82) is 0 Å². The lowest BCUT2D eigenvalue weighted by atomic mass is 9.94. The predicted molar refractivity (Wildman–Crippen MR) is 90.8 cm³/mol. The van der Waals surface area contributed by atoms with Gasteiger partial charge < -0.3 is 5.32 Å². The van der Waals surface area contributed by atoms with Gasteiger partial charge in [0.25, 0.3) is 0 Å². The summed E-state index contributed by atoms with van der Waals surface area (Å²) in [5.41, 5.74) is 1.30. The van der Waals surface area contributed by atoms with Gasteiger partial charge in [-0.3, -0.25) is 4.79 Å². The zero-order valence-electron chi connectivity index (χ0n) is 11.9. The number of thiophene rings is 2. The van der Waals surface area contributed by atoms with Crippen LogP contribution in [0.2, 0.25) is 0 Å². The highest BCUT2D eigenvalue weighted by Crippen LogP contribution is 2.29. The third-order valence-electron chi connectivity index (χ3n) is 3.78. The van der Waals surface area contributed by atoms with Crippen LogP contribution in [0.3, 0.4) is 0 Å². The second-order valence-corrected chi connectivity index (χ2v) is 7.25. The molecule has 110 valence electrons. The summed E-state index contributed by atoms with van der Waals surface area (Å²) in [6, 6.07) is 6.50. The molecule has 0 saturated heterocycles. The lowest BCUT2D eigenvalue weighted by molar-refractivity contribution is -0.125. The van der Waals surface area contributed by atoms with E-state index in [-0.39, 0.29) is 11.8 Å². The van der Waals surface area contributed by atoms with Gasteiger partial charge in [0.1, 0.15) is 0 Å². The van der Waals surface area contributed by atoms with Crippen LogP contribution in [-0.2, 0) is 11.2 Å². The molecule has 0 radical (unpaired) electrons. The van der Waals surface area contributed by atoms with E-state index in [0.717, 1.165) is 32.2 Å². The van der Waals surface area contributed by atoms with E-state index in [9.17, 15) is 4.79 Å². The van der Waals surface area contributed by atoms with Crippen molar-refractivity contribution < 1.29 is 4.79 Å². The predicted octanol–water partition coefficient (Wildman–Crippen LogP) is 4.49. The van der Waals surface area contributed by atoms with Gasteiger partial charge in [0.05, 0.1) is 0 Å². The van der Waals surface area contributed by atoms with Gasteiger partial charge in [0, 0.05) is 27.8 Å². The number of hydrogen-bond acceptors (Lipinski definition) is 3. The number of allylic oxidation sites excluding steroid dienone is 2. The topological polar surface area (TPSA) is 29.1 Å². The first kappa shape index (κ1) is 14.5. The van der Waals surface area contributed by atoms with Gasteiger partial charge >= 0.3 is 0 Å². The maximum absolute atomic E-state index is 12.0. The third-order valence-corrected chi connectivity index (χ3v) is 5.66. The number of amides is 1. The summed E-state index contributed by atoms with van der Waals surface area (Å²) < 4.78 is 0. The van der Waals surface area contributed by atoms with Crippen LogP contribution in [0.25, 0.3) is 10.4 Å². The second-order valence-electron chi connectivity index (χ2n) is 5.30. The first-order chi connectivity index (χ1) is 10.3. The van der Waals surface area contributed by atoms with Gasteiger partial charge in [-0.25, -0.2) is 0 Å². The zero-order valence-corrected chi connectivity index (χ0v) is 13.5. The Bertz CT molecular complexity index is 613. The zero-order chi connectivity index (χ0) is 14.5. The molecular formula is C17H19NOS2. The Hall–Kier alpha value is -1.39. The van der Waals surface area contributed by atoms with Crippen molar-refractivity contribution in [2.75, 3.05) is 6.54 Å². The van der Waals surface area contributed by atoms with Gasteiger partial charge in [0.2, 0.25) is 5.91 Å². The molecular weight excluding hydrogens is 298 g/mol. The van der Waals surface area contributed by atoms with Gasteiger partial charge in [-0.15, -0.1) is 11.3 Å². The molecule has 2 aromatic rings. The van der Waals surface area contributed by atoms with Crippen molar-refractivity contribution in [2.24, 2.45) is 5.92 Å². The van der Waals surface area contributed by atoms with Crippen molar-refractivity contribution in [3.05, 3.63) is 46.0 Å². The van der Waals surface area contributed by atoms with Crippen molar-refractivity contribution in [3.63, 3.8) is 0 Å². The fourth-order valence-electron chi connectivity index (χ4n) is 2.56. The van der Waals surface area contributed by atoms with E-state index in [0.29, 0.717) is 0 Å². The summed E-state index contributed by atoms with van der Waals surface area (Å²) in [4.78, 5) is 14.7. The molecule has 0 aromatic carbocycles. The summed E-state index contributed by atoms with van der Waals surface area (Å²) >= 11 is 3.55. The molecule has 2 nitrogen and oxygen atoms in total. The summed E-state index contributed by atoms with van der Waals surface area (Å²) in [6.45, 7) is 0.739. The normalized spacial score (nSPS) is 17.8. The molecule has 0 bridgehead atoms. The Balaban J connectivity index is 1.47. The van der Waals surface area contributed by atoms with E-state index >= 15 is 0 Å². The minimum absolute atomic E-state index is 0.180. The lowest BCUT2D eigenvalue weighted by Gasteiger charge is -2.16. The third kappa shape index (κ3) is 3.83. The first-order valence-corrected chi connectivity index (χ1v) is 9.13. The Morgan fingerprint density at radius 1 is 1.29 bits per heavy atom. The quantitative estimate of drug-likeness (QED) is 0.809. The average molecular weight is 317 g/mol. The maximum atomic E-state index is 12.0. The van der Waals surface area contributed by atoms with Gasteiger partial charge in [-0.05, 0) is 54.6 Å². The average Bonchev–Trinajstić information content (AvgIpc) is 3.19. The monoisotopic (exact) mass is 317 g/mol. The van der Waals surface area contributed by atoms with Crippen LogP contribution in [0.4, 0.5) is 0 Å². The van der Waals surface area contributed by atoms with E-state index in [4.69, 9.17) is 0 Å². The Morgan fingerprint density at radius 3 is 3.00 bits per heavy atom. The number of carbonyl (C=O) groups excluding carboxylic acids is 1. The van der Waals surface area contributed by atoms with E-state index in [2.05, 4.69) is 46.4 Å². The molecule has 0 saturated carbocycles. The SMILES string of the molecule is O=C(NCCc1ccc(-c2ccsc2)s1)[C@@H]1CC=CCC1. The fraction of sp³-hybridized carbons (Fsp3) is 0.353. The second kappa shape index (κ2) is 7.05. The van der Waals surface area contributed by atoms with Crippen LogP contribution in [0.1, 0.15) is 24.1 Å². The van der Waals surface area contributed by atoms with E-state index in [1.165, 1.54) is 15.3 Å². The molecule has 2 heterocycles. The van der Waals surface area contributed by atoms with Crippen LogP contribution in [0, 0.1) is 5.92 Å².